The predicted octanol–water partition coefficient (Wildman–Crippen LogP) is 2.22. The summed E-state index contributed by atoms with van der Waals surface area (Å²) in [6.45, 7) is 0.789. The molecule has 0 radical (unpaired) electrons. The maximum Gasteiger partial charge on any atom is 0.315 e. The Balaban J connectivity index is 1.58. The number of urea groups is 1. The van der Waals surface area contributed by atoms with Gasteiger partial charge in [-0.05, 0) is 43.2 Å². The summed E-state index contributed by atoms with van der Waals surface area (Å²) in [5.41, 5.74) is 1.24. The lowest BCUT2D eigenvalue weighted by Crippen LogP contribution is -2.54. The SMILES string of the molecule is O=C(NCc1ccccn1)NC1CCCN(c2cccc(F)c2)C1=O. The van der Waals surface area contributed by atoms with Gasteiger partial charge in [0.1, 0.15) is 11.9 Å². The van der Waals surface area contributed by atoms with Crippen molar-refractivity contribution in [3.05, 3.63) is 60.2 Å². The molecule has 1 atom stereocenters. The average molecular weight is 342 g/mol. The van der Waals surface area contributed by atoms with Gasteiger partial charge in [-0.2, -0.15) is 0 Å². The summed E-state index contributed by atoms with van der Waals surface area (Å²) >= 11 is 0. The highest BCUT2D eigenvalue weighted by Crippen LogP contribution is 2.21. The van der Waals surface area contributed by atoms with Crippen molar-refractivity contribution in [2.75, 3.05) is 11.4 Å². The van der Waals surface area contributed by atoms with E-state index >= 15 is 0 Å². The summed E-state index contributed by atoms with van der Waals surface area (Å²) in [6.07, 6.45) is 2.94. The van der Waals surface area contributed by atoms with Crippen LogP contribution in [0.15, 0.2) is 48.7 Å². The molecule has 2 aromatic rings. The van der Waals surface area contributed by atoms with Crippen molar-refractivity contribution in [3.8, 4) is 0 Å². The van der Waals surface area contributed by atoms with Gasteiger partial charge in [-0.25, -0.2) is 9.18 Å². The Kier molecular flexibility index (Phi) is 5.23. The van der Waals surface area contributed by atoms with Crippen molar-refractivity contribution >= 4 is 17.6 Å². The zero-order chi connectivity index (χ0) is 17.6. The first-order valence-electron chi connectivity index (χ1n) is 8.15. The van der Waals surface area contributed by atoms with Gasteiger partial charge in [0.05, 0.1) is 12.2 Å². The summed E-state index contributed by atoms with van der Waals surface area (Å²) in [7, 11) is 0. The molecule has 1 aliphatic rings. The van der Waals surface area contributed by atoms with Crippen LogP contribution in [-0.2, 0) is 11.3 Å². The van der Waals surface area contributed by atoms with E-state index in [0.29, 0.717) is 18.7 Å². The van der Waals surface area contributed by atoms with E-state index in [1.807, 2.05) is 6.07 Å². The van der Waals surface area contributed by atoms with Crippen LogP contribution in [0.4, 0.5) is 14.9 Å². The Morgan fingerprint density at radius 3 is 2.92 bits per heavy atom. The second-order valence-corrected chi connectivity index (χ2v) is 5.81. The van der Waals surface area contributed by atoms with Crippen molar-refractivity contribution in [2.45, 2.75) is 25.4 Å². The number of hydrogen-bond acceptors (Lipinski definition) is 3. The Morgan fingerprint density at radius 2 is 2.16 bits per heavy atom. The molecule has 1 aromatic heterocycles. The zero-order valence-electron chi connectivity index (χ0n) is 13.6. The third-order valence-electron chi connectivity index (χ3n) is 4.02. The van der Waals surface area contributed by atoms with E-state index in [-0.39, 0.29) is 12.5 Å². The summed E-state index contributed by atoms with van der Waals surface area (Å²) in [5.74, 6) is -0.627. The van der Waals surface area contributed by atoms with Crippen molar-refractivity contribution in [1.29, 1.82) is 0 Å². The van der Waals surface area contributed by atoms with Gasteiger partial charge in [-0.1, -0.05) is 12.1 Å². The monoisotopic (exact) mass is 342 g/mol. The highest BCUT2D eigenvalue weighted by atomic mass is 19.1. The van der Waals surface area contributed by atoms with Crippen LogP contribution >= 0.6 is 0 Å². The van der Waals surface area contributed by atoms with E-state index in [1.54, 1.807) is 30.5 Å². The van der Waals surface area contributed by atoms with Crippen LogP contribution in [0.5, 0.6) is 0 Å². The number of nitrogens with one attached hydrogen (secondary N) is 2. The predicted molar refractivity (Wildman–Crippen MR) is 91.4 cm³/mol. The third-order valence-corrected chi connectivity index (χ3v) is 4.02. The van der Waals surface area contributed by atoms with Gasteiger partial charge in [0, 0.05) is 18.4 Å². The molecule has 3 amide bonds. The van der Waals surface area contributed by atoms with E-state index in [4.69, 9.17) is 0 Å². The largest absolute Gasteiger partial charge is 0.332 e. The van der Waals surface area contributed by atoms with E-state index in [1.165, 1.54) is 17.0 Å². The number of benzene rings is 1. The smallest absolute Gasteiger partial charge is 0.315 e. The standard InChI is InChI=1S/C18H19FN4O2/c19-13-5-3-7-15(11-13)23-10-4-8-16(17(23)24)22-18(25)21-12-14-6-1-2-9-20-14/h1-3,5-7,9,11,16H,4,8,10,12H2,(H2,21,22,25). The number of carbonyl (C=O) groups excluding carboxylic acids is 2. The second kappa shape index (κ2) is 7.74. The number of halogens is 1. The molecule has 6 nitrogen and oxygen atoms in total. The third kappa shape index (κ3) is 4.32. The number of amides is 3. The van der Waals surface area contributed by atoms with Crippen molar-refractivity contribution < 1.29 is 14.0 Å². The van der Waals surface area contributed by atoms with E-state index in [0.717, 1.165) is 12.1 Å². The van der Waals surface area contributed by atoms with Gasteiger partial charge in [-0.15, -0.1) is 0 Å². The molecule has 1 unspecified atom stereocenters. The summed E-state index contributed by atoms with van der Waals surface area (Å²) in [6, 6.07) is 10.3. The van der Waals surface area contributed by atoms with Crippen LogP contribution in [0.2, 0.25) is 0 Å². The Labute approximate surface area is 145 Å². The maximum atomic E-state index is 13.4. The summed E-state index contributed by atoms with van der Waals surface area (Å²) < 4.78 is 13.4. The Morgan fingerprint density at radius 1 is 1.28 bits per heavy atom. The first-order valence-corrected chi connectivity index (χ1v) is 8.15. The number of rotatable bonds is 4. The fourth-order valence-electron chi connectivity index (χ4n) is 2.79. The zero-order valence-corrected chi connectivity index (χ0v) is 13.6. The second-order valence-electron chi connectivity index (χ2n) is 5.81. The molecule has 1 aromatic carbocycles. The van der Waals surface area contributed by atoms with E-state index in [2.05, 4.69) is 15.6 Å². The highest BCUT2D eigenvalue weighted by molar-refractivity contribution is 5.99. The molecule has 0 bridgehead atoms. The Hall–Kier alpha value is -2.96. The van der Waals surface area contributed by atoms with Crippen LogP contribution in [0, 0.1) is 5.82 Å². The number of carbonyl (C=O) groups is 2. The van der Waals surface area contributed by atoms with Crippen LogP contribution in [0.1, 0.15) is 18.5 Å². The molecule has 0 saturated carbocycles. The number of aromatic nitrogens is 1. The highest BCUT2D eigenvalue weighted by Gasteiger charge is 2.30. The first-order chi connectivity index (χ1) is 12.1. The summed E-state index contributed by atoms with van der Waals surface area (Å²) in [4.78, 5) is 30.3. The van der Waals surface area contributed by atoms with Gasteiger partial charge in [0.25, 0.3) is 0 Å². The number of piperidine rings is 1. The molecule has 0 aliphatic carbocycles. The van der Waals surface area contributed by atoms with Crippen LogP contribution in [0.3, 0.4) is 0 Å². The van der Waals surface area contributed by atoms with Crippen molar-refractivity contribution in [2.24, 2.45) is 0 Å². The minimum atomic E-state index is -0.624. The van der Waals surface area contributed by atoms with Gasteiger partial charge in [-0.3, -0.25) is 9.78 Å². The average Bonchev–Trinajstić information content (AvgIpc) is 2.63. The fraction of sp³-hybridized carbons (Fsp3) is 0.278. The molecule has 1 fully saturated rings. The molecular weight excluding hydrogens is 323 g/mol. The van der Waals surface area contributed by atoms with Gasteiger partial charge in [0.15, 0.2) is 0 Å². The molecule has 3 rings (SSSR count). The minimum Gasteiger partial charge on any atom is -0.332 e. The maximum absolute atomic E-state index is 13.4. The van der Waals surface area contributed by atoms with E-state index in [9.17, 15) is 14.0 Å². The molecule has 130 valence electrons. The van der Waals surface area contributed by atoms with Gasteiger partial charge in [0.2, 0.25) is 5.91 Å². The molecule has 2 heterocycles. The first kappa shape index (κ1) is 16.9. The molecular formula is C18H19FN4O2. The quantitative estimate of drug-likeness (QED) is 0.895. The molecule has 25 heavy (non-hydrogen) atoms. The summed E-state index contributed by atoms with van der Waals surface area (Å²) in [5, 5.41) is 5.38. The number of pyridine rings is 1. The normalized spacial score (nSPS) is 17.2. The fourth-order valence-corrected chi connectivity index (χ4v) is 2.79. The van der Waals surface area contributed by atoms with Crippen LogP contribution < -0.4 is 15.5 Å². The molecule has 2 N–H and O–H groups in total. The molecule has 1 saturated heterocycles. The number of nitrogens with zero attached hydrogens (tertiary/aromatic N) is 2. The van der Waals surface area contributed by atoms with Crippen molar-refractivity contribution in [1.82, 2.24) is 15.6 Å². The van der Waals surface area contributed by atoms with E-state index < -0.39 is 17.9 Å². The minimum absolute atomic E-state index is 0.232. The van der Waals surface area contributed by atoms with Crippen molar-refractivity contribution in [3.63, 3.8) is 0 Å². The topological polar surface area (TPSA) is 74.3 Å². The molecule has 7 heteroatoms. The number of anilines is 1. The van der Waals surface area contributed by atoms with Gasteiger partial charge < -0.3 is 15.5 Å². The lowest BCUT2D eigenvalue weighted by molar-refractivity contribution is -0.121. The van der Waals surface area contributed by atoms with Crippen LogP contribution in [-0.4, -0.2) is 29.5 Å². The lowest BCUT2D eigenvalue weighted by atomic mass is 10.0. The lowest BCUT2D eigenvalue weighted by Gasteiger charge is -2.32. The van der Waals surface area contributed by atoms with Crippen LogP contribution in [0.25, 0.3) is 0 Å². The Bertz CT molecular complexity index is 754. The number of hydrogen-bond donors (Lipinski definition) is 2. The molecule has 1 aliphatic heterocycles. The van der Waals surface area contributed by atoms with Gasteiger partial charge >= 0.3 is 6.03 Å². The molecule has 0 spiro atoms.